The second-order valence-corrected chi connectivity index (χ2v) is 5.42. The zero-order valence-electron chi connectivity index (χ0n) is 10.5. The molecule has 98 valence electrons. The van der Waals surface area contributed by atoms with Crippen molar-refractivity contribution in [2.24, 2.45) is 16.9 Å². The van der Waals surface area contributed by atoms with Gasteiger partial charge in [-0.05, 0) is 43.0 Å². The summed E-state index contributed by atoms with van der Waals surface area (Å²) in [5.41, 5.74) is 3.80. The molecule has 2 bridgehead atoms. The number of aromatic nitrogens is 1. The Balaban J connectivity index is 1.47. The van der Waals surface area contributed by atoms with E-state index in [0.717, 1.165) is 11.5 Å². The van der Waals surface area contributed by atoms with Crippen molar-refractivity contribution >= 4 is 23.5 Å². The molecule has 19 heavy (non-hydrogen) atoms. The predicted molar refractivity (Wildman–Crippen MR) is 79.8 cm³/mol. The van der Waals surface area contributed by atoms with Crippen molar-refractivity contribution < 1.29 is 0 Å². The van der Waals surface area contributed by atoms with E-state index in [-0.39, 0.29) is 0 Å². The summed E-state index contributed by atoms with van der Waals surface area (Å²) in [5, 5.41) is 8.03. The number of pyridine rings is 1. The Labute approximate surface area is 118 Å². The summed E-state index contributed by atoms with van der Waals surface area (Å²) in [6.45, 7) is 0. The summed E-state index contributed by atoms with van der Waals surface area (Å²) in [5.74, 6) is 1.37. The number of nitrogens with one attached hydrogen (secondary N) is 2. The number of thiocarbonyl (C=S) groups is 1. The molecule has 0 aromatic carbocycles. The molecule has 5 heteroatoms. The van der Waals surface area contributed by atoms with Crippen molar-refractivity contribution in [3.05, 3.63) is 42.2 Å². The Bertz CT molecular complexity index is 511. The molecular weight excluding hydrogens is 256 g/mol. The Kier molecular flexibility index (Phi) is 3.55. The molecule has 2 N–H and O–H groups in total. The highest BCUT2D eigenvalue weighted by atomic mass is 32.1. The SMILES string of the molecule is S=C(N/N=C\c1cccnc1)N[C@@H]1C[C@@H]2C=C[C@@H]1C2. The molecule has 1 heterocycles. The van der Waals surface area contributed by atoms with Gasteiger partial charge in [0.05, 0.1) is 6.21 Å². The van der Waals surface area contributed by atoms with Crippen LogP contribution in [0.15, 0.2) is 41.8 Å². The topological polar surface area (TPSA) is 49.3 Å². The lowest BCUT2D eigenvalue weighted by Crippen LogP contribution is -2.42. The number of allylic oxidation sites excluding steroid dienone is 1. The van der Waals surface area contributed by atoms with E-state index < -0.39 is 0 Å². The maximum Gasteiger partial charge on any atom is 0.187 e. The van der Waals surface area contributed by atoms with E-state index in [1.54, 1.807) is 18.6 Å². The van der Waals surface area contributed by atoms with Crippen molar-refractivity contribution in [1.29, 1.82) is 0 Å². The first-order valence-electron chi connectivity index (χ1n) is 6.49. The van der Waals surface area contributed by atoms with Crippen LogP contribution in [0.5, 0.6) is 0 Å². The molecule has 0 spiro atoms. The van der Waals surface area contributed by atoms with Crippen LogP contribution in [0.1, 0.15) is 18.4 Å². The molecule has 3 atom stereocenters. The van der Waals surface area contributed by atoms with Crippen LogP contribution in [0.2, 0.25) is 0 Å². The van der Waals surface area contributed by atoms with Gasteiger partial charge in [0.15, 0.2) is 5.11 Å². The Morgan fingerprint density at radius 3 is 3.05 bits per heavy atom. The highest BCUT2D eigenvalue weighted by molar-refractivity contribution is 7.80. The van der Waals surface area contributed by atoms with Crippen LogP contribution in [0.4, 0.5) is 0 Å². The number of hydrogen-bond acceptors (Lipinski definition) is 3. The van der Waals surface area contributed by atoms with Crippen molar-refractivity contribution in [2.75, 3.05) is 0 Å². The second kappa shape index (κ2) is 5.48. The second-order valence-electron chi connectivity index (χ2n) is 5.02. The fourth-order valence-corrected chi connectivity index (χ4v) is 2.97. The molecule has 4 nitrogen and oxygen atoms in total. The van der Waals surface area contributed by atoms with E-state index in [0.29, 0.717) is 17.1 Å². The van der Waals surface area contributed by atoms with Gasteiger partial charge in [-0.15, -0.1) is 0 Å². The molecule has 1 aromatic rings. The highest BCUT2D eigenvalue weighted by Gasteiger charge is 2.35. The first-order valence-corrected chi connectivity index (χ1v) is 6.90. The van der Waals surface area contributed by atoms with Gasteiger partial charge in [-0.3, -0.25) is 10.4 Å². The average molecular weight is 272 g/mol. The van der Waals surface area contributed by atoms with Gasteiger partial charge in [-0.25, -0.2) is 0 Å². The molecule has 1 saturated carbocycles. The van der Waals surface area contributed by atoms with Crippen molar-refractivity contribution in [2.45, 2.75) is 18.9 Å². The van der Waals surface area contributed by atoms with E-state index in [9.17, 15) is 0 Å². The number of hydrazone groups is 1. The molecule has 0 saturated heterocycles. The van der Waals surface area contributed by atoms with Crippen molar-refractivity contribution in [3.63, 3.8) is 0 Å². The first-order chi connectivity index (χ1) is 9.31. The molecule has 1 aromatic heterocycles. The van der Waals surface area contributed by atoms with Crippen LogP contribution in [0.3, 0.4) is 0 Å². The van der Waals surface area contributed by atoms with Crippen molar-refractivity contribution in [1.82, 2.24) is 15.7 Å². The zero-order valence-corrected chi connectivity index (χ0v) is 11.3. The smallest absolute Gasteiger partial charge is 0.187 e. The summed E-state index contributed by atoms with van der Waals surface area (Å²) in [6.07, 6.45) is 12.3. The molecule has 0 aliphatic heterocycles. The van der Waals surface area contributed by atoms with Gasteiger partial charge in [-0.1, -0.05) is 18.2 Å². The van der Waals surface area contributed by atoms with E-state index >= 15 is 0 Å². The summed E-state index contributed by atoms with van der Waals surface area (Å²) in [6, 6.07) is 4.28. The summed E-state index contributed by atoms with van der Waals surface area (Å²) in [7, 11) is 0. The number of hydrogen-bond donors (Lipinski definition) is 2. The number of rotatable bonds is 3. The van der Waals surface area contributed by atoms with E-state index in [1.165, 1.54) is 12.8 Å². The Morgan fingerprint density at radius 1 is 1.42 bits per heavy atom. The molecule has 1 fully saturated rings. The molecule has 2 aliphatic rings. The molecular formula is C14H16N4S. The normalized spacial score (nSPS) is 27.9. The fraction of sp³-hybridized carbons (Fsp3) is 0.357. The van der Waals surface area contributed by atoms with Gasteiger partial charge >= 0.3 is 0 Å². The van der Waals surface area contributed by atoms with Crippen LogP contribution >= 0.6 is 12.2 Å². The van der Waals surface area contributed by atoms with Crippen LogP contribution in [-0.2, 0) is 0 Å². The van der Waals surface area contributed by atoms with Gasteiger partial charge in [0, 0.05) is 24.0 Å². The number of nitrogens with zero attached hydrogens (tertiary/aromatic N) is 2. The maximum absolute atomic E-state index is 5.25. The minimum absolute atomic E-state index is 0.462. The first kappa shape index (κ1) is 12.3. The lowest BCUT2D eigenvalue weighted by atomic mass is 10.0. The Hall–Kier alpha value is -1.75. The lowest BCUT2D eigenvalue weighted by molar-refractivity contribution is 0.521. The minimum Gasteiger partial charge on any atom is -0.358 e. The average Bonchev–Trinajstić information content (AvgIpc) is 3.02. The maximum atomic E-state index is 5.25. The van der Waals surface area contributed by atoms with Crippen molar-refractivity contribution in [3.8, 4) is 0 Å². The van der Waals surface area contributed by atoms with Crippen LogP contribution in [0, 0.1) is 11.8 Å². The Morgan fingerprint density at radius 2 is 2.37 bits per heavy atom. The third-order valence-electron chi connectivity index (χ3n) is 3.66. The van der Waals surface area contributed by atoms with E-state index in [4.69, 9.17) is 12.2 Å². The lowest BCUT2D eigenvalue weighted by Gasteiger charge is -2.20. The van der Waals surface area contributed by atoms with E-state index in [2.05, 4.69) is 33.0 Å². The molecule has 0 amide bonds. The monoisotopic (exact) mass is 272 g/mol. The summed E-state index contributed by atoms with van der Waals surface area (Å²) in [4.78, 5) is 4.02. The van der Waals surface area contributed by atoms with Gasteiger partial charge in [0.1, 0.15) is 0 Å². The van der Waals surface area contributed by atoms with E-state index in [1.807, 2.05) is 12.1 Å². The molecule has 0 radical (unpaired) electrons. The number of fused-ring (bicyclic) bond motifs is 2. The summed E-state index contributed by atoms with van der Waals surface area (Å²) >= 11 is 5.25. The third-order valence-corrected chi connectivity index (χ3v) is 3.87. The van der Waals surface area contributed by atoms with Crippen LogP contribution in [-0.4, -0.2) is 22.4 Å². The van der Waals surface area contributed by atoms with Gasteiger partial charge in [-0.2, -0.15) is 5.10 Å². The minimum atomic E-state index is 0.462. The molecule has 2 aliphatic carbocycles. The van der Waals surface area contributed by atoms with Crippen LogP contribution < -0.4 is 10.7 Å². The zero-order chi connectivity index (χ0) is 13.1. The van der Waals surface area contributed by atoms with Gasteiger partial charge in [0.2, 0.25) is 0 Å². The molecule has 3 rings (SSSR count). The summed E-state index contributed by atoms with van der Waals surface area (Å²) < 4.78 is 0. The molecule has 0 unspecified atom stereocenters. The largest absolute Gasteiger partial charge is 0.358 e. The highest BCUT2D eigenvalue weighted by Crippen LogP contribution is 2.38. The quantitative estimate of drug-likeness (QED) is 0.381. The third kappa shape index (κ3) is 2.98. The standard InChI is InChI=1S/C14H16N4S/c19-14(17-13-7-10-3-4-12(13)6-10)18-16-9-11-2-1-5-15-8-11/h1-5,8-10,12-13H,6-7H2,(H2,17,18,19)/b16-9-/t10-,12-,13-/m1/s1. The predicted octanol–water partition coefficient (Wildman–Crippen LogP) is 1.84. The van der Waals surface area contributed by atoms with Gasteiger partial charge in [0.25, 0.3) is 0 Å². The van der Waals surface area contributed by atoms with Crippen LogP contribution in [0.25, 0.3) is 0 Å². The fourth-order valence-electron chi connectivity index (χ4n) is 2.77. The van der Waals surface area contributed by atoms with Gasteiger partial charge < -0.3 is 5.32 Å².